The summed E-state index contributed by atoms with van der Waals surface area (Å²) in [6.45, 7) is 0. The zero-order valence-corrected chi connectivity index (χ0v) is 12.4. The number of amides is 1. The van der Waals surface area contributed by atoms with E-state index in [0.29, 0.717) is 16.2 Å². The molecule has 7 heteroatoms. The number of nitrogens with zero attached hydrogens (tertiary/aromatic N) is 1. The molecule has 1 fully saturated rings. The highest BCUT2D eigenvalue weighted by Crippen LogP contribution is 2.30. The molecule has 1 amide bonds. The molecule has 2 N–H and O–H groups in total. The van der Waals surface area contributed by atoms with Gasteiger partial charge in [-0.3, -0.25) is 9.78 Å². The Morgan fingerprint density at radius 3 is 3.05 bits per heavy atom. The minimum atomic E-state index is -0.473. The number of nitrogens with one attached hydrogen (secondary N) is 2. The fourth-order valence-corrected chi connectivity index (χ4v) is 3.17. The molecule has 0 unspecified atom stereocenters. The number of oxazole rings is 1. The van der Waals surface area contributed by atoms with Gasteiger partial charge in [-0.2, -0.15) is 0 Å². The fraction of sp³-hybridized carbons (Fsp3) is 0.267. The summed E-state index contributed by atoms with van der Waals surface area (Å²) in [5.41, 5.74) is 2.74. The summed E-state index contributed by atoms with van der Waals surface area (Å²) < 4.78 is 5.05. The molecule has 0 aliphatic heterocycles. The molecule has 3 aromatic rings. The molecule has 1 aliphatic carbocycles. The normalized spacial score (nSPS) is 14.9. The Morgan fingerprint density at radius 2 is 2.27 bits per heavy atom. The number of hydrogen-bond acceptors (Lipinski definition) is 5. The minimum Gasteiger partial charge on any atom is -0.408 e. The number of aromatic nitrogens is 2. The summed E-state index contributed by atoms with van der Waals surface area (Å²) in [5.74, 6) is -0.282. The molecular formula is C15H13N3O3S. The number of anilines is 1. The highest BCUT2D eigenvalue weighted by atomic mass is 32.1. The molecule has 0 radical (unpaired) electrons. The molecule has 0 bridgehead atoms. The monoisotopic (exact) mass is 315 g/mol. The Balaban J connectivity index is 1.58. The molecule has 1 aliphatic rings. The van der Waals surface area contributed by atoms with E-state index in [4.69, 9.17) is 4.42 Å². The summed E-state index contributed by atoms with van der Waals surface area (Å²) in [5, 5.41) is 5.34. The first kappa shape index (κ1) is 13.3. The molecular weight excluding hydrogens is 302 g/mol. The van der Waals surface area contributed by atoms with E-state index in [1.165, 1.54) is 11.3 Å². The van der Waals surface area contributed by atoms with Crippen molar-refractivity contribution in [1.82, 2.24) is 9.97 Å². The Hall–Kier alpha value is -2.41. The highest BCUT2D eigenvalue weighted by Gasteiger charge is 2.25. The first-order valence-electron chi connectivity index (χ1n) is 7.09. The number of benzene rings is 1. The maximum Gasteiger partial charge on any atom is 0.417 e. The molecule has 2 heterocycles. The number of carbonyl (C=O) groups is 1. The second kappa shape index (κ2) is 5.10. The quantitative estimate of drug-likeness (QED) is 0.777. The number of H-pyrrole nitrogens is 1. The summed E-state index contributed by atoms with van der Waals surface area (Å²) in [6, 6.07) is 5.40. The SMILES string of the molecule is O=C(Nc1nc(-c2ccc3[nH]c(=O)oc3c2)cs1)C1CCC1. The molecule has 1 saturated carbocycles. The third-order valence-corrected chi connectivity index (χ3v) is 4.68. The van der Waals surface area contributed by atoms with Gasteiger partial charge in [-0.05, 0) is 25.0 Å². The number of aromatic amines is 1. The largest absolute Gasteiger partial charge is 0.417 e. The lowest BCUT2D eigenvalue weighted by atomic mass is 9.85. The van der Waals surface area contributed by atoms with Crippen molar-refractivity contribution in [2.24, 2.45) is 5.92 Å². The topological polar surface area (TPSA) is 88.0 Å². The van der Waals surface area contributed by atoms with Crippen LogP contribution in [-0.2, 0) is 4.79 Å². The second-order valence-corrected chi connectivity index (χ2v) is 6.24. The average molecular weight is 315 g/mol. The molecule has 1 aromatic carbocycles. The van der Waals surface area contributed by atoms with Crippen molar-refractivity contribution in [3.63, 3.8) is 0 Å². The van der Waals surface area contributed by atoms with Crippen LogP contribution in [0.25, 0.3) is 22.4 Å². The lowest BCUT2D eigenvalue weighted by Crippen LogP contribution is -2.27. The zero-order chi connectivity index (χ0) is 15.1. The van der Waals surface area contributed by atoms with E-state index in [0.717, 1.165) is 30.5 Å². The first-order chi connectivity index (χ1) is 10.7. The third kappa shape index (κ3) is 2.33. The number of hydrogen-bond donors (Lipinski definition) is 2. The molecule has 2 aromatic heterocycles. The fourth-order valence-electron chi connectivity index (χ4n) is 2.45. The lowest BCUT2D eigenvalue weighted by molar-refractivity contribution is -0.122. The van der Waals surface area contributed by atoms with E-state index < -0.39 is 5.76 Å². The van der Waals surface area contributed by atoms with E-state index in [2.05, 4.69) is 15.3 Å². The van der Waals surface area contributed by atoms with E-state index in [9.17, 15) is 9.59 Å². The van der Waals surface area contributed by atoms with Crippen LogP contribution in [0, 0.1) is 5.92 Å². The van der Waals surface area contributed by atoms with Gasteiger partial charge in [0.15, 0.2) is 10.7 Å². The van der Waals surface area contributed by atoms with Crippen LogP contribution in [0.3, 0.4) is 0 Å². The van der Waals surface area contributed by atoms with Gasteiger partial charge >= 0.3 is 5.76 Å². The lowest BCUT2D eigenvalue weighted by Gasteiger charge is -2.23. The van der Waals surface area contributed by atoms with Crippen LogP contribution in [0.5, 0.6) is 0 Å². The molecule has 112 valence electrons. The zero-order valence-electron chi connectivity index (χ0n) is 11.6. The predicted molar refractivity (Wildman–Crippen MR) is 83.9 cm³/mol. The van der Waals surface area contributed by atoms with Crippen LogP contribution in [0.4, 0.5) is 5.13 Å². The number of thiazole rings is 1. The van der Waals surface area contributed by atoms with Gasteiger partial charge in [-0.1, -0.05) is 12.5 Å². The number of carbonyl (C=O) groups excluding carboxylic acids is 1. The van der Waals surface area contributed by atoms with Crippen molar-refractivity contribution in [2.75, 3.05) is 5.32 Å². The van der Waals surface area contributed by atoms with Crippen LogP contribution in [0.1, 0.15) is 19.3 Å². The number of rotatable bonds is 3. The van der Waals surface area contributed by atoms with Crippen molar-refractivity contribution < 1.29 is 9.21 Å². The summed E-state index contributed by atoms with van der Waals surface area (Å²) in [7, 11) is 0. The molecule has 6 nitrogen and oxygen atoms in total. The maximum absolute atomic E-state index is 11.9. The van der Waals surface area contributed by atoms with Gasteiger partial charge in [-0.15, -0.1) is 11.3 Å². The van der Waals surface area contributed by atoms with Gasteiger partial charge in [-0.25, -0.2) is 9.78 Å². The Morgan fingerprint density at radius 1 is 1.41 bits per heavy atom. The summed E-state index contributed by atoms with van der Waals surface area (Å²) in [6.07, 6.45) is 3.06. The smallest absolute Gasteiger partial charge is 0.408 e. The molecule has 0 saturated heterocycles. The minimum absolute atomic E-state index is 0.0548. The van der Waals surface area contributed by atoms with Gasteiger partial charge in [0.25, 0.3) is 0 Å². The average Bonchev–Trinajstić information content (AvgIpc) is 3.00. The van der Waals surface area contributed by atoms with Crippen molar-refractivity contribution in [3.8, 4) is 11.3 Å². The molecule has 0 atom stereocenters. The van der Waals surface area contributed by atoms with E-state index in [1.807, 2.05) is 11.4 Å². The van der Waals surface area contributed by atoms with E-state index >= 15 is 0 Å². The van der Waals surface area contributed by atoms with Crippen molar-refractivity contribution in [1.29, 1.82) is 0 Å². The van der Waals surface area contributed by atoms with Crippen molar-refractivity contribution in [3.05, 3.63) is 34.1 Å². The van der Waals surface area contributed by atoms with E-state index in [1.54, 1.807) is 12.1 Å². The number of fused-ring (bicyclic) bond motifs is 1. The maximum atomic E-state index is 11.9. The van der Waals surface area contributed by atoms with Crippen LogP contribution in [-0.4, -0.2) is 15.9 Å². The predicted octanol–water partition coefficient (Wildman–Crippen LogP) is 2.98. The van der Waals surface area contributed by atoms with Gasteiger partial charge < -0.3 is 9.73 Å². The summed E-state index contributed by atoms with van der Waals surface area (Å²) >= 11 is 1.39. The van der Waals surface area contributed by atoms with Crippen LogP contribution in [0.15, 0.2) is 32.8 Å². The first-order valence-corrected chi connectivity index (χ1v) is 7.97. The highest BCUT2D eigenvalue weighted by molar-refractivity contribution is 7.14. The van der Waals surface area contributed by atoms with Gasteiger partial charge in [0, 0.05) is 16.9 Å². The summed E-state index contributed by atoms with van der Waals surface area (Å²) in [4.78, 5) is 30.1. The Labute approximate surface area is 129 Å². The second-order valence-electron chi connectivity index (χ2n) is 5.38. The van der Waals surface area contributed by atoms with E-state index in [-0.39, 0.29) is 11.8 Å². The van der Waals surface area contributed by atoms with Crippen molar-refractivity contribution in [2.45, 2.75) is 19.3 Å². The Bertz CT molecular complexity index is 904. The molecule has 4 rings (SSSR count). The molecule has 0 spiro atoms. The van der Waals surface area contributed by atoms with Gasteiger partial charge in [0.2, 0.25) is 5.91 Å². The van der Waals surface area contributed by atoms with Crippen LogP contribution in [0.2, 0.25) is 0 Å². The standard InChI is InChI=1S/C15H13N3O3S/c19-13(8-2-1-3-8)18-14-16-11(7-22-14)9-4-5-10-12(6-9)21-15(20)17-10/h4-8H,1-3H2,(H,17,20)(H,16,18,19). The van der Waals surface area contributed by atoms with Crippen molar-refractivity contribution >= 4 is 33.5 Å². The third-order valence-electron chi connectivity index (χ3n) is 3.93. The van der Waals surface area contributed by atoms with Gasteiger partial charge in [0.05, 0.1) is 11.2 Å². The van der Waals surface area contributed by atoms with Crippen LogP contribution >= 0.6 is 11.3 Å². The van der Waals surface area contributed by atoms with Crippen LogP contribution < -0.4 is 11.1 Å². The Kier molecular flexibility index (Phi) is 3.07. The molecule has 22 heavy (non-hydrogen) atoms. The van der Waals surface area contributed by atoms with Gasteiger partial charge in [0.1, 0.15) is 0 Å².